The molecular weight excluding hydrogens is 288 g/mol. The topological polar surface area (TPSA) is 0 Å². The van der Waals surface area contributed by atoms with Gasteiger partial charge in [-0.05, 0) is 23.1 Å². The van der Waals surface area contributed by atoms with E-state index in [0.29, 0.717) is 0 Å². The van der Waals surface area contributed by atoms with Crippen LogP contribution in [0.2, 0.25) is 0 Å². The van der Waals surface area contributed by atoms with Gasteiger partial charge in [-0.25, -0.2) is 0 Å². The van der Waals surface area contributed by atoms with E-state index in [1.165, 1.54) is 16.7 Å². The largest absolute Gasteiger partial charge is 0.0985 e. The van der Waals surface area contributed by atoms with Crippen molar-refractivity contribution >= 4 is 12.2 Å². The molecule has 0 aliphatic carbocycles. The molecule has 0 bridgehead atoms. The first-order valence-corrected chi connectivity index (χ1v) is 8.19. The van der Waals surface area contributed by atoms with Gasteiger partial charge in [-0.2, -0.15) is 0 Å². The first-order chi connectivity index (χ1) is 11.8. The minimum atomic E-state index is 1.09. The van der Waals surface area contributed by atoms with E-state index in [2.05, 4.69) is 38.3 Å². The van der Waals surface area contributed by atoms with Crippen molar-refractivity contribution in [1.29, 1.82) is 0 Å². The van der Waals surface area contributed by atoms with Gasteiger partial charge in [0.2, 0.25) is 0 Å². The molecule has 0 amide bonds. The van der Waals surface area contributed by atoms with Crippen LogP contribution in [-0.2, 0) is 6.42 Å². The Morgan fingerprint density at radius 2 is 1.08 bits per heavy atom. The quantitative estimate of drug-likeness (QED) is 0.493. The molecular formula is C24H26. The van der Waals surface area contributed by atoms with Gasteiger partial charge in [-0.1, -0.05) is 123 Å². The smallest absolute Gasteiger partial charge is 0.0231 e. The summed E-state index contributed by atoms with van der Waals surface area (Å²) in [6, 6.07) is 30.4. The Morgan fingerprint density at radius 3 is 1.46 bits per heavy atom. The monoisotopic (exact) mass is 314 g/mol. The fraction of sp³-hybridized carbons (Fsp3) is 0.0833. The summed E-state index contributed by atoms with van der Waals surface area (Å²) in [6.45, 7) is 9.53. The number of hydrogen-bond donors (Lipinski definition) is 0. The molecule has 122 valence electrons. The van der Waals surface area contributed by atoms with Gasteiger partial charge in [0.1, 0.15) is 0 Å². The highest BCUT2D eigenvalue weighted by Gasteiger charge is 1.91. The molecule has 0 spiro atoms. The zero-order valence-corrected chi connectivity index (χ0v) is 14.4. The van der Waals surface area contributed by atoms with Crippen molar-refractivity contribution in [2.45, 2.75) is 13.3 Å². The summed E-state index contributed by atoms with van der Waals surface area (Å²) in [5, 5.41) is 0. The van der Waals surface area contributed by atoms with Crippen LogP contribution in [0.25, 0.3) is 12.2 Å². The van der Waals surface area contributed by atoms with Crippen molar-refractivity contribution in [1.82, 2.24) is 0 Å². The number of rotatable bonds is 3. The lowest BCUT2D eigenvalue weighted by atomic mass is 10.1. The fourth-order valence-corrected chi connectivity index (χ4v) is 2.03. The van der Waals surface area contributed by atoms with Crippen LogP contribution in [0.4, 0.5) is 0 Å². The third-order valence-electron chi connectivity index (χ3n) is 3.36. The van der Waals surface area contributed by atoms with Gasteiger partial charge < -0.3 is 0 Å². The second-order valence-electron chi connectivity index (χ2n) is 5.03. The molecule has 3 aromatic rings. The Balaban J connectivity index is 0.000000186. The molecule has 0 heterocycles. The summed E-state index contributed by atoms with van der Waals surface area (Å²) < 4.78 is 0. The Kier molecular flexibility index (Phi) is 10.1. The zero-order chi connectivity index (χ0) is 17.5. The van der Waals surface area contributed by atoms with E-state index in [1.54, 1.807) is 0 Å². The molecule has 3 rings (SSSR count). The highest BCUT2D eigenvalue weighted by atomic mass is 14.0. The Hall–Kier alpha value is -2.86. The van der Waals surface area contributed by atoms with Crippen molar-refractivity contribution in [3.05, 3.63) is 121 Å². The predicted molar refractivity (Wildman–Crippen MR) is 109 cm³/mol. The third-order valence-corrected chi connectivity index (χ3v) is 3.36. The molecule has 0 radical (unpaired) electrons. The van der Waals surface area contributed by atoms with E-state index in [9.17, 15) is 0 Å². The van der Waals surface area contributed by atoms with Crippen LogP contribution in [-0.4, -0.2) is 0 Å². The molecule has 24 heavy (non-hydrogen) atoms. The maximum absolute atomic E-state index is 3.74. The maximum Gasteiger partial charge on any atom is -0.0231 e. The Bertz CT molecular complexity index is 655. The summed E-state index contributed by atoms with van der Waals surface area (Å²) in [4.78, 5) is 0. The van der Waals surface area contributed by atoms with Crippen LogP contribution in [0.3, 0.4) is 0 Å². The van der Waals surface area contributed by atoms with Crippen LogP contribution in [0.5, 0.6) is 0 Å². The van der Waals surface area contributed by atoms with E-state index in [1.807, 2.05) is 84.9 Å². The molecule has 0 heteroatoms. The Morgan fingerprint density at radius 1 is 0.625 bits per heavy atom. The van der Waals surface area contributed by atoms with Crippen LogP contribution in [0.15, 0.2) is 104 Å². The van der Waals surface area contributed by atoms with Crippen molar-refractivity contribution in [3.8, 4) is 0 Å². The van der Waals surface area contributed by atoms with Crippen LogP contribution < -0.4 is 0 Å². The first kappa shape index (κ1) is 19.2. The maximum atomic E-state index is 3.74. The molecule has 0 aliphatic rings. The number of hydrogen-bond acceptors (Lipinski definition) is 0. The summed E-state index contributed by atoms with van der Waals surface area (Å²) in [6.07, 6.45) is 4.82. The van der Waals surface area contributed by atoms with E-state index in [-0.39, 0.29) is 0 Å². The lowest BCUT2D eigenvalue weighted by Gasteiger charge is -1.99. The average molecular weight is 314 g/mol. The van der Waals surface area contributed by atoms with Crippen molar-refractivity contribution in [3.63, 3.8) is 0 Å². The third kappa shape index (κ3) is 7.95. The highest BCUT2D eigenvalue weighted by molar-refractivity contribution is 5.51. The minimum Gasteiger partial charge on any atom is -0.0985 e. The van der Waals surface area contributed by atoms with Crippen molar-refractivity contribution in [2.75, 3.05) is 0 Å². The lowest BCUT2D eigenvalue weighted by Crippen LogP contribution is -1.83. The summed E-state index contributed by atoms with van der Waals surface area (Å²) >= 11 is 0. The van der Waals surface area contributed by atoms with E-state index in [4.69, 9.17) is 0 Å². The first-order valence-electron chi connectivity index (χ1n) is 8.19. The summed E-state index contributed by atoms with van der Waals surface area (Å²) in [5.41, 5.74) is 3.80. The van der Waals surface area contributed by atoms with Gasteiger partial charge in [-0.15, -0.1) is 0 Å². The molecule has 0 atom stereocenters. The second-order valence-corrected chi connectivity index (χ2v) is 5.03. The van der Waals surface area contributed by atoms with Gasteiger partial charge in [0.15, 0.2) is 0 Å². The van der Waals surface area contributed by atoms with Gasteiger partial charge in [0.25, 0.3) is 0 Å². The molecule has 0 aromatic heterocycles. The SMILES string of the molecule is C=Cc1ccccc1.C=Cc1ccccc1CC.c1ccccc1. The van der Waals surface area contributed by atoms with Gasteiger partial charge in [0.05, 0.1) is 0 Å². The van der Waals surface area contributed by atoms with E-state index in [0.717, 1.165) is 6.42 Å². The van der Waals surface area contributed by atoms with Crippen LogP contribution >= 0.6 is 0 Å². The molecule has 0 saturated heterocycles. The highest BCUT2D eigenvalue weighted by Crippen LogP contribution is 2.09. The number of benzene rings is 3. The van der Waals surface area contributed by atoms with Gasteiger partial charge >= 0.3 is 0 Å². The Labute approximate surface area is 146 Å². The van der Waals surface area contributed by atoms with Crippen LogP contribution in [0, 0.1) is 0 Å². The minimum absolute atomic E-state index is 1.09. The fourth-order valence-electron chi connectivity index (χ4n) is 2.03. The molecule has 0 unspecified atom stereocenters. The molecule has 3 aromatic carbocycles. The lowest BCUT2D eigenvalue weighted by molar-refractivity contribution is 1.13. The normalized spacial score (nSPS) is 8.71. The molecule has 0 N–H and O–H groups in total. The molecule has 0 saturated carbocycles. The van der Waals surface area contributed by atoms with Crippen LogP contribution in [0.1, 0.15) is 23.6 Å². The van der Waals surface area contributed by atoms with Gasteiger partial charge in [-0.3, -0.25) is 0 Å². The summed E-state index contributed by atoms with van der Waals surface area (Å²) in [5.74, 6) is 0. The van der Waals surface area contributed by atoms with E-state index >= 15 is 0 Å². The summed E-state index contributed by atoms with van der Waals surface area (Å²) in [7, 11) is 0. The molecule has 0 nitrogen and oxygen atoms in total. The van der Waals surface area contributed by atoms with E-state index < -0.39 is 0 Å². The average Bonchev–Trinajstić information content (AvgIpc) is 2.70. The molecule has 0 fully saturated rings. The standard InChI is InChI=1S/C10H12.C8H8.C6H6/c1-3-9-7-5-6-8-10(9)4-2;1-2-8-6-4-3-5-7-8;1-2-4-6-5-3-1/h3,5-8H,1,4H2,2H3;2-7H,1H2;1-6H. The predicted octanol–water partition coefficient (Wildman–Crippen LogP) is 6.91. The number of aryl methyl sites for hydroxylation is 1. The van der Waals surface area contributed by atoms with Crippen molar-refractivity contribution in [2.24, 2.45) is 0 Å². The van der Waals surface area contributed by atoms with Crippen molar-refractivity contribution < 1.29 is 0 Å². The zero-order valence-electron chi connectivity index (χ0n) is 14.4. The van der Waals surface area contributed by atoms with Gasteiger partial charge in [0, 0.05) is 0 Å². The second kappa shape index (κ2) is 12.7. The molecule has 0 aliphatic heterocycles.